The molecule has 114 valence electrons. The average molecular weight is 288 g/mol. The lowest BCUT2D eigenvalue weighted by Gasteiger charge is -2.16. The summed E-state index contributed by atoms with van der Waals surface area (Å²) in [5.41, 5.74) is 1.88. The minimum Gasteiger partial charge on any atom is -0.352 e. The SMILES string of the molecule is CCCCCNC(=O)c1ccc2c(c1)C(C)(C)C(=O)N2C. The lowest BCUT2D eigenvalue weighted by Crippen LogP contribution is -2.33. The summed E-state index contributed by atoms with van der Waals surface area (Å²) < 4.78 is 0. The lowest BCUT2D eigenvalue weighted by molar-refractivity contribution is -0.121. The Kier molecular flexibility index (Phi) is 4.35. The third kappa shape index (κ3) is 2.80. The first kappa shape index (κ1) is 15.5. The van der Waals surface area contributed by atoms with Gasteiger partial charge < -0.3 is 10.2 Å². The maximum atomic E-state index is 12.2. The van der Waals surface area contributed by atoms with Crippen molar-refractivity contribution in [1.82, 2.24) is 5.32 Å². The van der Waals surface area contributed by atoms with Gasteiger partial charge >= 0.3 is 0 Å². The molecule has 0 fully saturated rings. The summed E-state index contributed by atoms with van der Waals surface area (Å²) in [4.78, 5) is 26.1. The molecule has 2 rings (SSSR count). The van der Waals surface area contributed by atoms with Gasteiger partial charge in [0, 0.05) is 24.8 Å². The van der Waals surface area contributed by atoms with Crippen LogP contribution in [-0.2, 0) is 10.2 Å². The second kappa shape index (κ2) is 5.88. The van der Waals surface area contributed by atoms with Crippen molar-refractivity contribution in [1.29, 1.82) is 0 Å². The zero-order valence-electron chi connectivity index (χ0n) is 13.3. The molecule has 0 unspecified atom stereocenters. The zero-order chi connectivity index (χ0) is 15.6. The van der Waals surface area contributed by atoms with Crippen molar-refractivity contribution < 1.29 is 9.59 Å². The summed E-state index contributed by atoms with van der Waals surface area (Å²) >= 11 is 0. The molecule has 0 aliphatic carbocycles. The largest absolute Gasteiger partial charge is 0.352 e. The van der Waals surface area contributed by atoms with E-state index in [0.717, 1.165) is 30.5 Å². The van der Waals surface area contributed by atoms with Crippen molar-refractivity contribution in [2.75, 3.05) is 18.5 Å². The molecule has 0 spiro atoms. The van der Waals surface area contributed by atoms with E-state index in [1.165, 1.54) is 0 Å². The predicted octanol–water partition coefficient (Wildman–Crippen LogP) is 2.86. The summed E-state index contributed by atoms with van der Waals surface area (Å²) in [6, 6.07) is 5.51. The van der Waals surface area contributed by atoms with Gasteiger partial charge in [-0.2, -0.15) is 0 Å². The molecule has 0 saturated carbocycles. The van der Waals surface area contributed by atoms with Crippen LogP contribution in [0.4, 0.5) is 5.69 Å². The van der Waals surface area contributed by atoms with Gasteiger partial charge in [0.1, 0.15) is 0 Å². The Morgan fingerprint density at radius 1 is 1.29 bits per heavy atom. The molecule has 1 aromatic carbocycles. The monoisotopic (exact) mass is 288 g/mol. The van der Waals surface area contributed by atoms with Gasteiger partial charge in [0.25, 0.3) is 5.91 Å². The first-order chi connectivity index (χ1) is 9.89. The molecule has 2 amide bonds. The number of hydrogen-bond donors (Lipinski definition) is 1. The fourth-order valence-corrected chi connectivity index (χ4v) is 2.79. The summed E-state index contributed by atoms with van der Waals surface area (Å²) in [6.45, 7) is 6.64. The molecular formula is C17H24N2O2. The van der Waals surface area contributed by atoms with E-state index in [2.05, 4.69) is 12.2 Å². The smallest absolute Gasteiger partial charge is 0.251 e. The van der Waals surface area contributed by atoms with E-state index in [1.54, 1.807) is 18.0 Å². The molecule has 1 N–H and O–H groups in total. The van der Waals surface area contributed by atoms with E-state index in [9.17, 15) is 9.59 Å². The summed E-state index contributed by atoms with van der Waals surface area (Å²) in [5.74, 6) is 0.00436. The van der Waals surface area contributed by atoms with Crippen molar-refractivity contribution in [3.8, 4) is 0 Å². The Labute approximate surface area is 126 Å². The van der Waals surface area contributed by atoms with Crippen LogP contribution in [0.15, 0.2) is 18.2 Å². The number of likely N-dealkylation sites (N-methyl/N-ethyl adjacent to an activating group) is 1. The van der Waals surface area contributed by atoms with Crippen LogP contribution in [0.3, 0.4) is 0 Å². The number of amides is 2. The second-order valence-electron chi connectivity index (χ2n) is 6.18. The van der Waals surface area contributed by atoms with Crippen LogP contribution in [0.2, 0.25) is 0 Å². The number of carbonyl (C=O) groups is 2. The number of nitrogens with one attached hydrogen (secondary N) is 1. The number of anilines is 1. The summed E-state index contributed by atoms with van der Waals surface area (Å²) in [7, 11) is 1.78. The number of hydrogen-bond acceptors (Lipinski definition) is 2. The second-order valence-corrected chi connectivity index (χ2v) is 6.18. The van der Waals surface area contributed by atoms with Gasteiger partial charge in [-0.1, -0.05) is 19.8 Å². The van der Waals surface area contributed by atoms with Gasteiger partial charge in [-0.3, -0.25) is 9.59 Å². The Morgan fingerprint density at radius 3 is 2.67 bits per heavy atom. The van der Waals surface area contributed by atoms with Crippen LogP contribution in [0.5, 0.6) is 0 Å². The Bertz CT molecular complexity index is 564. The number of fused-ring (bicyclic) bond motifs is 1. The third-order valence-corrected chi connectivity index (χ3v) is 4.20. The van der Waals surface area contributed by atoms with Crippen LogP contribution in [0, 0.1) is 0 Å². The highest BCUT2D eigenvalue weighted by molar-refractivity contribution is 6.08. The minimum absolute atomic E-state index is 0.0632. The number of benzene rings is 1. The molecule has 21 heavy (non-hydrogen) atoms. The zero-order valence-corrected chi connectivity index (χ0v) is 13.3. The van der Waals surface area contributed by atoms with Crippen LogP contribution >= 0.6 is 0 Å². The molecule has 4 heteroatoms. The molecule has 4 nitrogen and oxygen atoms in total. The predicted molar refractivity (Wildman–Crippen MR) is 84.7 cm³/mol. The topological polar surface area (TPSA) is 49.4 Å². The van der Waals surface area contributed by atoms with Crippen molar-refractivity contribution >= 4 is 17.5 Å². The molecule has 1 aliphatic rings. The van der Waals surface area contributed by atoms with E-state index < -0.39 is 5.41 Å². The van der Waals surface area contributed by atoms with Gasteiger partial charge in [0.2, 0.25) is 5.91 Å². The molecule has 1 heterocycles. The van der Waals surface area contributed by atoms with Crippen molar-refractivity contribution in [2.24, 2.45) is 0 Å². The van der Waals surface area contributed by atoms with E-state index >= 15 is 0 Å². The van der Waals surface area contributed by atoms with Crippen molar-refractivity contribution in [2.45, 2.75) is 45.4 Å². The molecule has 0 aromatic heterocycles. The number of rotatable bonds is 5. The van der Waals surface area contributed by atoms with Crippen molar-refractivity contribution in [3.63, 3.8) is 0 Å². The standard InChI is InChI=1S/C17H24N2O2/c1-5-6-7-10-18-15(20)12-8-9-14-13(11-12)17(2,3)16(21)19(14)4/h8-9,11H,5-7,10H2,1-4H3,(H,18,20). The average Bonchev–Trinajstić information content (AvgIpc) is 2.64. The Hall–Kier alpha value is -1.84. The fraction of sp³-hybridized carbons (Fsp3) is 0.529. The molecule has 1 aromatic rings. The van der Waals surface area contributed by atoms with Gasteiger partial charge in [0.15, 0.2) is 0 Å². The molecule has 1 aliphatic heterocycles. The quantitative estimate of drug-likeness (QED) is 0.847. The maximum Gasteiger partial charge on any atom is 0.251 e. The minimum atomic E-state index is -0.567. The van der Waals surface area contributed by atoms with Gasteiger partial charge in [-0.05, 0) is 44.0 Å². The van der Waals surface area contributed by atoms with E-state index in [-0.39, 0.29) is 11.8 Å². The molecule has 0 atom stereocenters. The van der Waals surface area contributed by atoms with E-state index in [0.29, 0.717) is 12.1 Å². The highest BCUT2D eigenvalue weighted by Gasteiger charge is 2.42. The number of nitrogens with zero attached hydrogens (tertiary/aromatic N) is 1. The van der Waals surface area contributed by atoms with Crippen molar-refractivity contribution in [3.05, 3.63) is 29.3 Å². The highest BCUT2D eigenvalue weighted by atomic mass is 16.2. The van der Waals surface area contributed by atoms with Crippen LogP contribution in [0.1, 0.15) is 56.0 Å². The summed E-state index contributed by atoms with van der Waals surface area (Å²) in [5, 5.41) is 2.94. The van der Waals surface area contributed by atoms with Crippen LogP contribution < -0.4 is 10.2 Å². The first-order valence-electron chi connectivity index (χ1n) is 7.60. The third-order valence-electron chi connectivity index (χ3n) is 4.20. The van der Waals surface area contributed by atoms with Gasteiger partial charge in [-0.15, -0.1) is 0 Å². The summed E-state index contributed by atoms with van der Waals surface area (Å²) in [6.07, 6.45) is 3.26. The number of carbonyl (C=O) groups excluding carboxylic acids is 2. The van der Waals surface area contributed by atoms with Crippen LogP contribution in [0.25, 0.3) is 0 Å². The molecule has 0 saturated heterocycles. The van der Waals surface area contributed by atoms with Gasteiger partial charge in [-0.25, -0.2) is 0 Å². The highest BCUT2D eigenvalue weighted by Crippen LogP contribution is 2.40. The van der Waals surface area contributed by atoms with Crippen LogP contribution in [-0.4, -0.2) is 25.4 Å². The first-order valence-corrected chi connectivity index (χ1v) is 7.60. The lowest BCUT2D eigenvalue weighted by atomic mass is 9.85. The Morgan fingerprint density at radius 2 is 2.00 bits per heavy atom. The molecule has 0 radical (unpaired) electrons. The van der Waals surface area contributed by atoms with Gasteiger partial charge in [0.05, 0.1) is 5.41 Å². The molecule has 0 bridgehead atoms. The van der Waals surface area contributed by atoms with E-state index in [1.807, 2.05) is 26.0 Å². The Balaban J connectivity index is 2.17. The fourth-order valence-electron chi connectivity index (χ4n) is 2.79. The van der Waals surface area contributed by atoms with E-state index in [4.69, 9.17) is 0 Å². The molecular weight excluding hydrogens is 264 g/mol. The maximum absolute atomic E-state index is 12.2. The number of unbranched alkanes of at least 4 members (excludes halogenated alkanes) is 2. The normalized spacial score (nSPS) is 16.0.